The Morgan fingerprint density at radius 1 is 1.05 bits per heavy atom. The molecule has 2 aromatic rings. The zero-order valence-corrected chi connectivity index (χ0v) is 13.3. The van der Waals surface area contributed by atoms with Crippen LogP contribution in [0.15, 0.2) is 42.5 Å². The molecule has 0 aliphatic carbocycles. The lowest BCUT2D eigenvalue weighted by Crippen LogP contribution is -2.19. The second kappa shape index (κ2) is 6.49. The van der Waals surface area contributed by atoms with E-state index in [1.807, 2.05) is 39.3 Å². The van der Waals surface area contributed by atoms with Gasteiger partial charge in [-0.25, -0.2) is 0 Å². The van der Waals surface area contributed by atoms with Gasteiger partial charge in [0.15, 0.2) is 0 Å². The highest BCUT2D eigenvalue weighted by Crippen LogP contribution is 2.31. The van der Waals surface area contributed by atoms with E-state index < -0.39 is 0 Å². The lowest BCUT2D eigenvalue weighted by atomic mass is 9.98. The summed E-state index contributed by atoms with van der Waals surface area (Å²) in [6, 6.07) is 13.9. The molecule has 0 radical (unpaired) electrons. The van der Waals surface area contributed by atoms with Gasteiger partial charge in [0.2, 0.25) is 0 Å². The second-order valence-corrected chi connectivity index (χ2v) is 5.72. The van der Waals surface area contributed by atoms with Gasteiger partial charge in [-0.15, -0.1) is 0 Å². The summed E-state index contributed by atoms with van der Waals surface area (Å²) in [6.07, 6.45) is 0. The average Bonchev–Trinajstić information content (AvgIpc) is 2.44. The molecular weight excluding hydrogens is 291 g/mol. The zero-order valence-electron chi connectivity index (χ0n) is 11.8. The molecule has 1 N–H and O–H groups in total. The maximum atomic E-state index is 6.31. The van der Waals surface area contributed by atoms with E-state index in [0.29, 0.717) is 10.0 Å². The van der Waals surface area contributed by atoms with Gasteiger partial charge in [0.1, 0.15) is 0 Å². The van der Waals surface area contributed by atoms with Crippen LogP contribution < -0.4 is 10.2 Å². The number of benzene rings is 2. The van der Waals surface area contributed by atoms with Crippen molar-refractivity contribution < 1.29 is 0 Å². The second-order valence-electron chi connectivity index (χ2n) is 4.88. The van der Waals surface area contributed by atoms with Crippen LogP contribution in [0.1, 0.15) is 17.2 Å². The number of anilines is 1. The standard InChI is InChI=1S/C16H18Cl2N2/c1-19-16(14-10-12(17)7-8-15(14)18)11-5-4-6-13(9-11)20(2)3/h4-10,16,19H,1-3H3. The van der Waals surface area contributed by atoms with Gasteiger partial charge in [-0.3, -0.25) is 0 Å². The van der Waals surface area contributed by atoms with Crippen LogP contribution in [-0.4, -0.2) is 21.1 Å². The van der Waals surface area contributed by atoms with Crippen molar-refractivity contribution in [2.45, 2.75) is 6.04 Å². The molecule has 2 aromatic carbocycles. The van der Waals surface area contributed by atoms with E-state index in [2.05, 4.69) is 28.4 Å². The van der Waals surface area contributed by atoms with Crippen LogP contribution in [0.5, 0.6) is 0 Å². The van der Waals surface area contributed by atoms with Crippen LogP contribution in [0.3, 0.4) is 0 Å². The molecule has 0 aliphatic rings. The molecular formula is C16H18Cl2N2. The van der Waals surface area contributed by atoms with Gasteiger partial charge in [-0.1, -0.05) is 35.3 Å². The molecule has 1 atom stereocenters. The minimum absolute atomic E-state index is 0.0149. The van der Waals surface area contributed by atoms with Crippen molar-refractivity contribution in [1.29, 1.82) is 0 Å². The fourth-order valence-corrected chi connectivity index (χ4v) is 2.63. The summed E-state index contributed by atoms with van der Waals surface area (Å²) in [5.74, 6) is 0. The van der Waals surface area contributed by atoms with Crippen molar-refractivity contribution in [2.24, 2.45) is 0 Å². The Morgan fingerprint density at radius 3 is 2.45 bits per heavy atom. The molecule has 4 heteroatoms. The predicted molar refractivity (Wildman–Crippen MR) is 88.1 cm³/mol. The molecule has 2 rings (SSSR count). The van der Waals surface area contributed by atoms with Crippen molar-refractivity contribution in [3.05, 3.63) is 63.6 Å². The predicted octanol–water partition coefficient (Wildman–Crippen LogP) is 4.37. The van der Waals surface area contributed by atoms with E-state index in [1.165, 1.54) is 0 Å². The Kier molecular flexibility index (Phi) is 4.92. The molecule has 0 amide bonds. The Hall–Kier alpha value is -1.22. The van der Waals surface area contributed by atoms with Crippen LogP contribution in [0.25, 0.3) is 0 Å². The number of rotatable bonds is 4. The van der Waals surface area contributed by atoms with Crippen LogP contribution in [-0.2, 0) is 0 Å². The van der Waals surface area contributed by atoms with Crippen molar-refractivity contribution >= 4 is 28.9 Å². The quantitative estimate of drug-likeness (QED) is 0.902. The fourth-order valence-electron chi connectivity index (χ4n) is 2.22. The van der Waals surface area contributed by atoms with Crippen molar-refractivity contribution in [3.8, 4) is 0 Å². The molecule has 20 heavy (non-hydrogen) atoms. The SMILES string of the molecule is CNC(c1cccc(N(C)C)c1)c1cc(Cl)ccc1Cl. The smallest absolute Gasteiger partial charge is 0.0590 e. The average molecular weight is 309 g/mol. The third-order valence-corrected chi connectivity index (χ3v) is 3.86. The van der Waals surface area contributed by atoms with Gasteiger partial charge >= 0.3 is 0 Å². The topological polar surface area (TPSA) is 15.3 Å². The molecule has 0 saturated heterocycles. The number of hydrogen-bond acceptors (Lipinski definition) is 2. The fraction of sp³-hybridized carbons (Fsp3) is 0.250. The summed E-state index contributed by atoms with van der Waals surface area (Å²) < 4.78 is 0. The molecule has 0 aliphatic heterocycles. The van der Waals surface area contributed by atoms with E-state index >= 15 is 0 Å². The monoisotopic (exact) mass is 308 g/mol. The van der Waals surface area contributed by atoms with Crippen molar-refractivity contribution in [1.82, 2.24) is 5.32 Å². The molecule has 0 heterocycles. The van der Waals surface area contributed by atoms with Crippen LogP contribution >= 0.6 is 23.2 Å². The molecule has 1 unspecified atom stereocenters. The Bertz CT molecular complexity index is 597. The molecule has 0 saturated carbocycles. The van der Waals surface area contributed by atoms with Gasteiger partial charge in [-0.05, 0) is 48.5 Å². The van der Waals surface area contributed by atoms with Crippen LogP contribution in [0, 0.1) is 0 Å². The lowest BCUT2D eigenvalue weighted by Gasteiger charge is -2.21. The van der Waals surface area contributed by atoms with Gasteiger partial charge in [0.05, 0.1) is 6.04 Å². The Balaban J connectivity index is 2.46. The summed E-state index contributed by atoms with van der Waals surface area (Å²) in [6.45, 7) is 0. The largest absolute Gasteiger partial charge is 0.378 e. The molecule has 0 bridgehead atoms. The first kappa shape index (κ1) is 15.2. The summed E-state index contributed by atoms with van der Waals surface area (Å²) in [5.41, 5.74) is 3.29. The van der Waals surface area contributed by atoms with E-state index in [0.717, 1.165) is 16.8 Å². The first-order valence-corrected chi connectivity index (χ1v) is 7.18. The molecule has 106 valence electrons. The van der Waals surface area contributed by atoms with Gasteiger partial charge in [0.25, 0.3) is 0 Å². The van der Waals surface area contributed by atoms with Gasteiger partial charge < -0.3 is 10.2 Å². The minimum atomic E-state index is 0.0149. The maximum Gasteiger partial charge on any atom is 0.0590 e. The Morgan fingerprint density at radius 2 is 1.80 bits per heavy atom. The van der Waals surface area contributed by atoms with E-state index in [9.17, 15) is 0 Å². The third kappa shape index (κ3) is 3.26. The third-order valence-electron chi connectivity index (χ3n) is 3.28. The van der Waals surface area contributed by atoms with E-state index in [4.69, 9.17) is 23.2 Å². The first-order chi connectivity index (χ1) is 9.52. The molecule has 2 nitrogen and oxygen atoms in total. The first-order valence-electron chi connectivity index (χ1n) is 6.42. The highest BCUT2D eigenvalue weighted by atomic mass is 35.5. The number of nitrogens with one attached hydrogen (secondary N) is 1. The van der Waals surface area contributed by atoms with Crippen molar-refractivity contribution in [2.75, 3.05) is 26.0 Å². The molecule has 0 aromatic heterocycles. The highest BCUT2D eigenvalue weighted by molar-refractivity contribution is 6.33. The summed E-state index contributed by atoms with van der Waals surface area (Å²) in [7, 11) is 5.98. The van der Waals surface area contributed by atoms with Crippen LogP contribution in [0.4, 0.5) is 5.69 Å². The minimum Gasteiger partial charge on any atom is -0.378 e. The summed E-state index contributed by atoms with van der Waals surface area (Å²) in [5, 5.41) is 4.71. The summed E-state index contributed by atoms with van der Waals surface area (Å²) in [4.78, 5) is 2.08. The van der Waals surface area contributed by atoms with Gasteiger partial charge in [0, 0.05) is 29.8 Å². The zero-order chi connectivity index (χ0) is 14.7. The van der Waals surface area contributed by atoms with E-state index in [1.54, 1.807) is 6.07 Å². The lowest BCUT2D eigenvalue weighted by molar-refractivity contribution is 0.692. The number of nitrogens with zero attached hydrogens (tertiary/aromatic N) is 1. The normalized spacial score (nSPS) is 12.2. The Labute approximate surface area is 130 Å². The van der Waals surface area contributed by atoms with Crippen LogP contribution in [0.2, 0.25) is 10.0 Å². The molecule has 0 spiro atoms. The highest BCUT2D eigenvalue weighted by Gasteiger charge is 2.16. The van der Waals surface area contributed by atoms with Crippen molar-refractivity contribution in [3.63, 3.8) is 0 Å². The molecule has 0 fully saturated rings. The number of hydrogen-bond donors (Lipinski definition) is 1. The maximum absolute atomic E-state index is 6.31. The summed E-state index contributed by atoms with van der Waals surface area (Å²) >= 11 is 12.4. The van der Waals surface area contributed by atoms with Gasteiger partial charge in [-0.2, -0.15) is 0 Å². The number of halogens is 2. The van der Waals surface area contributed by atoms with E-state index in [-0.39, 0.29) is 6.04 Å².